The molecule has 1 aromatic heterocycles. The Labute approximate surface area is 86.6 Å². The van der Waals surface area contributed by atoms with Crippen LogP contribution in [0.2, 0.25) is 0 Å². The number of amides is 1. The Bertz CT molecular complexity index is 446. The van der Waals surface area contributed by atoms with Crippen LogP contribution in [0.3, 0.4) is 0 Å². The van der Waals surface area contributed by atoms with E-state index in [1.165, 1.54) is 5.01 Å². The summed E-state index contributed by atoms with van der Waals surface area (Å²) in [5.74, 6) is -0.117. The molecule has 0 aromatic carbocycles. The highest BCUT2D eigenvalue weighted by atomic mass is 16.2. The standard InChI is InChI=1S/C10H8N4O/c11-4-3-8-6-10(15)14(13-8)9-2-1-5-12-7-9/h1-2,5,7H,3,6H2. The van der Waals surface area contributed by atoms with Gasteiger partial charge in [0.25, 0.3) is 5.91 Å². The summed E-state index contributed by atoms with van der Waals surface area (Å²) in [6.07, 6.45) is 3.62. The molecule has 0 bridgehead atoms. The van der Waals surface area contributed by atoms with Crippen LogP contribution in [-0.2, 0) is 4.79 Å². The van der Waals surface area contributed by atoms with Crippen molar-refractivity contribution in [2.45, 2.75) is 12.8 Å². The van der Waals surface area contributed by atoms with Crippen molar-refractivity contribution in [1.82, 2.24) is 4.98 Å². The maximum Gasteiger partial charge on any atom is 0.253 e. The Kier molecular flexibility index (Phi) is 2.42. The van der Waals surface area contributed by atoms with Gasteiger partial charge in [0.05, 0.1) is 36.5 Å². The summed E-state index contributed by atoms with van der Waals surface area (Å²) in [5.41, 5.74) is 1.24. The summed E-state index contributed by atoms with van der Waals surface area (Å²) >= 11 is 0. The first-order valence-corrected chi connectivity index (χ1v) is 4.47. The second-order valence-corrected chi connectivity index (χ2v) is 3.09. The van der Waals surface area contributed by atoms with Gasteiger partial charge in [0.15, 0.2) is 0 Å². The number of anilines is 1. The zero-order chi connectivity index (χ0) is 10.7. The molecule has 0 saturated heterocycles. The van der Waals surface area contributed by atoms with Gasteiger partial charge in [-0.15, -0.1) is 0 Å². The minimum absolute atomic E-state index is 0.117. The van der Waals surface area contributed by atoms with Gasteiger partial charge >= 0.3 is 0 Å². The van der Waals surface area contributed by atoms with Crippen LogP contribution in [0.4, 0.5) is 5.69 Å². The van der Waals surface area contributed by atoms with E-state index in [-0.39, 0.29) is 18.7 Å². The van der Waals surface area contributed by atoms with Crippen molar-refractivity contribution in [3.05, 3.63) is 24.5 Å². The highest BCUT2D eigenvalue weighted by molar-refractivity contribution is 6.13. The maximum absolute atomic E-state index is 11.5. The van der Waals surface area contributed by atoms with Crippen molar-refractivity contribution in [1.29, 1.82) is 5.26 Å². The summed E-state index contributed by atoms with van der Waals surface area (Å²) in [5, 5.41) is 13.9. The highest BCUT2D eigenvalue weighted by Crippen LogP contribution is 2.19. The number of hydrazone groups is 1. The second-order valence-electron chi connectivity index (χ2n) is 3.09. The summed E-state index contributed by atoms with van der Waals surface area (Å²) in [6, 6.07) is 5.47. The van der Waals surface area contributed by atoms with Crippen LogP contribution in [0.5, 0.6) is 0 Å². The van der Waals surface area contributed by atoms with E-state index in [4.69, 9.17) is 5.26 Å². The molecule has 0 aliphatic carbocycles. The van der Waals surface area contributed by atoms with Crippen LogP contribution in [0.1, 0.15) is 12.8 Å². The van der Waals surface area contributed by atoms with Crippen LogP contribution >= 0.6 is 0 Å². The molecule has 15 heavy (non-hydrogen) atoms. The summed E-state index contributed by atoms with van der Waals surface area (Å²) in [6.45, 7) is 0. The van der Waals surface area contributed by atoms with Crippen molar-refractivity contribution in [2.24, 2.45) is 5.10 Å². The van der Waals surface area contributed by atoms with Gasteiger partial charge in [-0.25, -0.2) is 0 Å². The van der Waals surface area contributed by atoms with Gasteiger partial charge in [-0.2, -0.15) is 15.4 Å². The third kappa shape index (κ3) is 1.83. The Morgan fingerprint density at radius 2 is 2.47 bits per heavy atom. The molecule has 0 atom stereocenters. The van der Waals surface area contributed by atoms with Gasteiger partial charge in [-0.3, -0.25) is 9.78 Å². The number of nitriles is 1. The summed E-state index contributed by atoms with van der Waals surface area (Å²) in [7, 11) is 0. The molecule has 1 aliphatic rings. The molecule has 2 heterocycles. The van der Waals surface area contributed by atoms with Gasteiger partial charge in [0.1, 0.15) is 0 Å². The van der Waals surface area contributed by atoms with Crippen LogP contribution in [0.25, 0.3) is 0 Å². The summed E-state index contributed by atoms with van der Waals surface area (Å²) < 4.78 is 0. The van der Waals surface area contributed by atoms with Crippen LogP contribution in [-0.4, -0.2) is 16.6 Å². The molecule has 5 heteroatoms. The lowest BCUT2D eigenvalue weighted by molar-refractivity contribution is -0.116. The third-order valence-electron chi connectivity index (χ3n) is 2.01. The normalized spacial score (nSPS) is 15.0. The molecule has 0 fully saturated rings. The molecule has 74 valence electrons. The molecule has 0 N–H and O–H groups in total. The van der Waals surface area contributed by atoms with Gasteiger partial charge in [-0.05, 0) is 12.1 Å². The number of hydrogen-bond donors (Lipinski definition) is 0. The molecule has 0 unspecified atom stereocenters. The van der Waals surface area contributed by atoms with Crippen LogP contribution < -0.4 is 5.01 Å². The quantitative estimate of drug-likeness (QED) is 0.717. The van der Waals surface area contributed by atoms with Gasteiger partial charge in [-0.1, -0.05) is 0 Å². The molecule has 1 amide bonds. The molecule has 2 rings (SSSR count). The first-order valence-electron chi connectivity index (χ1n) is 4.47. The van der Waals surface area contributed by atoms with Crippen LogP contribution in [0, 0.1) is 11.3 Å². The van der Waals surface area contributed by atoms with E-state index >= 15 is 0 Å². The number of aromatic nitrogens is 1. The maximum atomic E-state index is 11.5. The van der Waals surface area contributed by atoms with Crippen LogP contribution in [0.15, 0.2) is 29.6 Å². The fraction of sp³-hybridized carbons (Fsp3) is 0.200. The summed E-state index contributed by atoms with van der Waals surface area (Å²) in [4.78, 5) is 15.4. The minimum Gasteiger partial charge on any atom is -0.272 e. The number of nitrogens with zero attached hydrogens (tertiary/aromatic N) is 4. The molecular formula is C10H8N4O. The lowest BCUT2D eigenvalue weighted by atomic mass is 10.2. The van der Waals surface area contributed by atoms with Gasteiger partial charge < -0.3 is 0 Å². The lowest BCUT2D eigenvalue weighted by Crippen LogP contribution is -2.19. The SMILES string of the molecule is N#CCC1=NN(c2cccnc2)C(=O)C1. The largest absolute Gasteiger partial charge is 0.272 e. The smallest absolute Gasteiger partial charge is 0.253 e. The number of rotatable bonds is 2. The Morgan fingerprint density at radius 3 is 3.13 bits per heavy atom. The minimum atomic E-state index is -0.117. The zero-order valence-electron chi connectivity index (χ0n) is 7.92. The van der Waals surface area contributed by atoms with E-state index in [9.17, 15) is 4.79 Å². The molecule has 0 radical (unpaired) electrons. The first kappa shape index (κ1) is 9.34. The Hall–Kier alpha value is -2.22. The molecule has 1 aliphatic heterocycles. The molecule has 0 saturated carbocycles. The molecule has 0 spiro atoms. The first-order chi connectivity index (χ1) is 7.31. The van der Waals surface area contributed by atoms with Crippen molar-refractivity contribution in [3.63, 3.8) is 0 Å². The highest BCUT2D eigenvalue weighted by Gasteiger charge is 2.24. The fourth-order valence-corrected chi connectivity index (χ4v) is 1.35. The lowest BCUT2D eigenvalue weighted by Gasteiger charge is -2.09. The van der Waals surface area contributed by atoms with E-state index in [0.29, 0.717) is 11.4 Å². The Balaban J connectivity index is 2.25. The topological polar surface area (TPSA) is 69.3 Å². The van der Waals surface area contributed by atoms with E-state index < -0.39 is 0 Å². The third-order valence-corrected chi connectivity index (χ3v) is 2.01. The number of carbonyl (C=O) groups excluding carboxylic acids is 1. The zero-order valence-corrected chi connectivity index (χ0v) is 7.92. The molecule has 1 aromatic rings. The average molecular weight is 200 g/mol. The predicted molar refractivity (Wildman–Crippen MR) is 54.0 cm³/mol. The number of carbonyl (C=O) groups is 1. The van der Waals surface area contributed by atoms with Crippen molar-refractivity contribution < 1.29 is 4.79 Å². The van der Waals surface area contributed by atoms with E-state index in [0.717, 1.165) is 0 Å². The van der Waals surface area contributed by atoms with E-state index in [1.54, 1.807) is 24.5 Å². The number of hydrogen-bond acceptors (Lipinski definition) is 4. The Morgan fingerprint density at radius 1 is 1.60 bits per heavy atom. The number of pyridine rings is 1. The fourth-order valence-electron chi connectivity index (χ4n) is 1.35. The van der Waals surface area contributed by atoms with E-state index in [1.807, 2.05) is 6.07 Å². The van der Waals surface area contributed by atoms with Crippen molar-refractivity contribution in [3.8, 4) is 6.07 Å². The van der Waals surface area contributed by atoms with Crippen molar-refractivity contribution >= 4 is 17.3 Å². The van der Waals surface area contributed by atoms with Gasteiger partial charge in [0, 0.05) is 6.20 Å². The second kappa shape index (κ2) is 3.88. The van der Waals surface area contributed by atoms with Crippen molar-refractivity contribution in [2.75, 3.05) is 5.01 Å². The molecule has 5 nitrogen and oxygen atoms in total. The monoisotopic (exact) mass is 200 g/mol. The van der Waals surface area contributed by atoms with Gasteiger partial charge in [0.2, 0.25) is 0 Å². The van der Waals surface area contributed by atoms with E-state index in [2.05, 4.69) is 10.1 Å². The average Bonchev–Trinajstić information content (AvgIpc) is 2.61. The predicted octanol–water partition coefficient (Wildman–Crippen LogP) is 1.09. The molecular weight excluding hydrogens is 192 g/mol.